The fraction of sp³-hybridized carbons (Fsp3) is 0.588. The molecule has 0 aromatic heterocycles. The van der Waals surface area contributed by atoms with Crippen LogP contribution in [0.1, 0.15) is 32.3 Å². The molecule has 1 aromatic carbocycles. The Bertz CT molecular complexity index is 488. The highest BCUT2D eigenvalue weighted by Crippen LogP contribution is 2.15. The smallest absolute Gasteiger partial charge is 0.194 e. The van der Waals surface area contributed by atoms with Gasteiger partial charge in [0.05, 0.1) is 12.6 Å². The van der Waals surface area contributed by atoms with Crippen molar-refractivity contribution in [3.8, 4) is 5.75 Å². The summed E-state index contributed by atoms with van der Waals surface area (Å²) in [5, 5.41) is 12.9. The molecule has 0 unspecified atom stereocenters. The van der Waals surface area contributed by atoms with E-state index in [0.717, 1.165) is 50.6 Å². The zero-order chi connectivity index (χ0) is 15.8. The standard InChI is InChI=1S/C17H27N3O2.HI/c1-3-18-17(19-13-14-6-5-7-15(21)12-14)20-10-8-16(9-11-20)22-4-2;/h5-7,12,16,21H,3-4,8-11,13H2,1-2H3,(H,18,19);1H. The van der Waals surface area contributed by atoms with E-state index >= 15 is 0 Å². The minimum atomic E-state index is 0. The number of aliphatic imine (C=N–C) groups is 1. The van der Waals surface area contributed by atoms with E-state index in [0.29, 0.717) is 12.6 Å². The molecule has 1 fully saturated rings. The average Bonchev–Trinajstić information content (AvgIpc) is 2.53. The first kappa shape index (κ1) is 20.0. The van der Waals surface area contributed by atoms with Gasteiger partial charge >= 0.3 is 0 Å². The van der Waals surface area contributed by atoms with Crippen LogP contribution in [0.3, 0.4) is 0 Å². The number of guanidine groups is 1. The minimum Gasteiger partial charge on any atom is -0.508 e. The lowest BCUT2D eigenvalue weighted by Gasteiger charge is -2.34. The third kappa shape index (κ3) is 6.55. The maximum atomic E-state index is 9.52. The number of nitrogens with one attached hydrogen (secondary N) is 1. The number of likely N-dealkylation sites (tertiary alicyclic amines) is 1. The topological polar surface area (TPSA) is 57.1 Å². The van der Waals surface area contributed by atoms with Crippen LogP contribution in [0.15, 0.2) is 29.3 Å². The van der Waals surface area contributed by atoms with Crippen LogP contribution in [0.25, 0.3) is 0 Å². The van der Waals surface area contributed by atoms with E-state index in [1.165, 1.54) is 0 Å². The van der Waals surface area contributed by atoms with Crippen LogP contribution in [0.5, 0.6) is 5.75 Å². The Kier molecular flexibility index (Phi) is 9.31. The van der Waals surface area contributed by atoms with E-state index < -0.39 is 0 Å². The van der Waals surface area contributed by atoms with Crippen molar-refractivity contribution in [3.63, 3.8) is 0 Å². The molecule has 23 heavy (non-hydrogen) atoms. The lowest BCUT2D eigenvalue weighted by Crippen LogP contribution is -2.47. The molecule has 1 aliphatic rings. The lowest BCUT2D eigenvalue weighted by molar-refractivity contribution is 0.0263. The highest BCUT2D eigenvalue weighted by atomic mass is 127. The predicted octanol–water partition coefficient (Wildman–Crippen LogP) is 2.98. The van der Waals surface area contributed by atoms with Crippen molar-refractivity contribution in [1.82, 2.24) is 10.2 Å². The highest BCUT2D eigenvalue weighted by molar-refractivity contribution is 14.0. The average molecular weight is 433 g/mol. The number of hydrogen-bond acceptors (Lipinski definition) is 3. The van der Waals surface area contributed by atoms with Gasteiger partial charge in [0, 0.05) is 26.2 Å². The van der Waals surface area contributed by atoms with Gasteiger partial charge in [0.2, 0.25) is 0 Å². The van der Waals surface area contributed by atoms with Gasteiger partial charge in [-0.25, -0.2) is 4.99 Å². The first-order chi connectivity index (χ1) is 10.7. The van der Waals surface area contributed by atoms with Gasteiger partial charge in [-0.3, -0.25) is 0 Å². The molecule has 0 radical (unpaired) electrons. The van der Waals surface area contributed by atoms with Gasteiger partial charge in [-0.15, -0.1) is 24.0 Å². The van der Waals surface area contributed by atoms with Crippen LogP contribution in [0.2, 0.25) is 0 Å². The maximum Gasteiger partial charge on any atom is 0.194 e. The summed E-state index contributed by atoms with van der Waals surface area (Å²) in [6.07, 6.45) is 2.48. The third-order valence-corrected chi connectivity index (χ3v) is 3.80. The summed E-state index contributed by atoms with van der Waals surface area (Å²) in [6.45, 7) is 8.28. The maximum absolute atomic E-state index is 9.52. The Balaban J connectivity index is 0.00000264. The van der Waals surface area contributed by atoms with E-state index in [1.54, 1.807) is 12.1 Å². The van der Waals surface area contributed by atoms with E-state index in [1.807, 2.05) is 19.1 Å². The SMILES string of the molecule is CCNC(=NCc1cccc(O)c1)N1CCC(OCC)CC1.I. The molecule has 1 aliphatic heterocycles. The zero-order valence-electron chi connectivity index (χ0n) is 14.0. The Morgan fingerprint density at radius 1 is 1.35 bits per heavy atom. The van der Waals surface area contributed by atoms with Crippen molar-refractivity contribution in [2.75, 3.05) is 26.2 Å². The number of nitrogens with zero attached hydrogens (tertiary/aromatic N) is 2. The summed E-state index contributed by atoms with van der Waals surface area (Å²) >= 11 is 0. The molecule has 130 valence electrons. The van der Waals surface area contributed by atoms with Crippen molar-refractivity contribution in [2.45, 2.75) is 39.3 Å². The third-order valence-electron chi connectivity index (χ3n) is 3.80. The predicted molar refractivity (Wildman–Crippen MR) is 105 cm³/mol. The number of phenols is 1. The molecular formula is C17H28IN3O2. The molecule has 0 aliphatic carbocycles. The largest absolute Gasteiger partial charge is 0.508 e. The summed E-state index contributed by atoms with van der Waals surface area (Å²) in [7, 11) is 0. The summed E-state index contributed by atoms with van der Waals surface area (Å²) in [6, 6.07) is 7.26. The molecule has 2 N–H and O–H groups in total. The Hall–Kier alpha value is -1.02. The molecular weight excluding hydrogens is 405 g/mol. The highest BCUT2D eigenvalue weighted by Gasteiger charge is 2.21. The van der Waals surface area contributed by atoms with Gasteiger partial charge in [0.1, 0.15) is 5.75 Å². The Morgan fingerprint density at radius 3 is 2.70 bits per heavy atom. The molecule has 0 amide bonds. The first-order valence-corrected chi connectivity index (χ1v) is 8.15. The second-order valence-electron chi connectivity index (χ2n) is 5.48. The number of ether oxygens (including phenoxy) is 1. The molecule has 2 rings (SSSR count). The Labute approximate surface area is 156 Å². The van der Waals surface area contributed by atoms with Crippen molar-refractivity contribution < 1.29 is 9.84 Å². The quantitative estimate of drug-likeness (QED) is 0.426. The number of piperidine rings is 1. The number of hydrogen-bond donors (Lipinski definition) is 2. The molecule has 0 bridgehead atoms. The minimum absolute atomic E-state index is 0. The van der Waals surface area contributed by atoms with Crippen molar-refractivity contribution in [1.29, 1.82) is 0 Å². The summed E-state index contributed by atoms with van der Waals surface area (Å²) in [4.78, 5) is 6.99. The van der Waals surface area contributed by atoms with E-state index in [2.05, 4.69) is 17.1 Å². The van der Waals surface area contributed by atoms with E-state index in [-0.39, 0.29) is 29.7 Å². The van der Waals surface area contributed by atoms with Crippen LogP contribution in [-0.4, -0.2) is 48.3 Å². The lowest BCUT2D eigenvalue weighted by atomic mass is 10.1. The van der Waals surface area contributed by atoms with Crippen molar-refractivity contribution >= 4 is 29.9 Å². The van der Waals surface area contributed by atoms with Crippen LogP contribution in [0.4, 0.5) is 0 Å². The summed E-state index contributed by atoms with van der Waals surface area (Å²) < 4.78 is 5.70. The van der Waals surface area contributed by atoms with Crippen LogP contribution >= 0.6 is 24.0 Å². The number of rotatable bonds is 5. The van der Waals surface area contributed by atoms with Gasteiger partial charge in [0.25, 0.3) is 0 Å². The van der Waals surface area contributed by atoms with Gasteiger partial charge < -0.3 is 20.1 Å². The molecule has 5 nitrogen and oxygen atoms in total. The molecule has 1 heterocycles. The van der Waals surface area contributed by atoms with Crippen LogP contribution < -0.4 is 5.32 Å². The van der Waals surface area contributed by atoms with Gasteiger partial charge in [-0.2, -0.15) is 0 Å². The molecule has 0 spiro atoms. The van der Waals surface area contributed by atoms with Crippen molar-refractivity contribution in [3.05, 3.63) is 29.8 Å². The summed E-state index contributed by atoms with van der Waals surface area (Å²) in [5.41, 5.74) is 1.01. The monoisotopic (exact) mass is 433 g/mol. The number of benzene rings is 1. The molecule has 1 saturated heterocycles. The van der Waals surface area contributed by atoms with Gasteiger partial charge in [-0.05, 0) is 44.4 Å². The fourth-order valence-electron chi connectivity index (χ4n) is 2.72. The number of aromatic hydroxyl groups is 1. The van der Waals surface area contributed by atoms with Gasteiger partial charge in [0.15, 0.2) is 5.96 Å². The van der Waals surface area contributed by atoms with E-state index in [4.69, 9.17) is 9.73 Å². The summed E-state index contributed by atoms with van der Waals surface area (Å²) in [5.74, 6) is 1.23. The van der Waals surface area contributed by atoms with E-state index in [9.17, 15) is 5.11 Å². The normalized spacial score (nSPS) is 16.1. The van der Waals surface area contributed by atoms with Crippen LogP contribution in [0, 0.1) is 0 Å². The second kappa shape index (κ2) is 10.7. The van der Waals surface area contributed by atoms with Crippen LogP contribution in [-0.2, 0) is 11.3 Å². The van der Waals surface area contributed by atoms with Crippen molar-refractivity contribution in [2.24, 2.45) is 4.99 Å². The molecule has 0 saturated carbocycles. The number of phenolic OH excluding ortho intramolecular Hbond substituents is 1. The second-order valence-corrected chi connectivity index (χ2v) is 5.48. The van der Waals surface area contributed by atoms with Gasteiger partial charge in [-0.1, -0.05) is 12.1 Å². The zero-order valence-corrected chi connectivity index (χ0v) is 16.3. The Morgan fingerprint density at radius 2 is 2.09 bits per heavy atom. The molecule has 1 aromatic rings. The molecule has 0 atom stereocenters. The molecule has 6 heteroatoms. The first-order valence-electron chi connectivity index (χ1n) is 8.15. The fourth-order valence-corrected chi connectivity index (χ4v) is 2.72. The number of halogens is 1.